The number of likely N-dealkylation sites (N-methyl/N-ethyl adjacent to an activating group) is 1. The molecule has 1 fully saturated rings. The fraction of sp³-hybridized carbons (Fsp3) is 0.303. The van der Waals surface area contributed by atoms with Crippen molar-refractivity contribution < 1.29 is 4.57 Å². The molecule has 0 amide bonds. The number of imidazole rings is 1. The first kappa shape index (κ1) is 21.7. The first-order valence-corrected chi connectivity index (χ1v) is 13.4. The summed E-state index contributed by atoms with van der Waals surface area (Å²) in [6, 6.07) is 26.7. The molecule has 4 aromatic carbocycles. The highest BCUT2D eigenvalue weighted by atomic mass is 15.2. The van der Waals surface area contributed by atoms with E-state index in [-0.39, 0.29) is 5.41 Å². The molecule has 1 saturated carbocycles. The Bertz CT molecular complexity index is 1670. The number of hydrogen-bond donors (Lipinski definition) is 1. The molecule has 1 atom stereocenters. The van der Waals surface area contributed by atoms with Gasteiger partial charge in [-0.1, -0.05) is 74.2 Å². The molecule has 3 nitrogen and oxygen atoms in total. The van der Waals surface area contributed by atoms with Gasteiger partial charge in [-0.15, -0.1) is 0 Å². The Kier molecular flexibility index (Phi) is 4.79. The van der Waals surface area contributed by atoms with Crippen LogP contribution in [0.25, 0.3) is 38.7 Å². The number of fused-ring (bicyclic) bond motifs is 6. The van der Waals surface area contributed by atoms with Crippen LogP contribution in [0.2, 0.25) is 0 Å². The number of allylic oxidation sites excluding steroid dienone is 1. The van der Waals surface area contributed by atoms with Crippen LogP contribution in [0.3, 0.4) is 0 Å². The summed E-state index contributed by atoms with van der Waals surface area (Å²) in [7, 11) is 4.45. The van der Waals surface area contributed by atoms with Crippen molar-refractivity contribution in [2.75, 3.05) is 11.9 Å². The van der Waals surface area contributed by atoms with Gasteiger partial charge in [0.1, 0.15) is 0 Å². The van der Waals surface area contributed by atoms with Crippen LogP contribution in [0.1, 0.15) is 50.4 Å². The van der Waals surface area contributed by atoms with Crippen LogP contribution in [-0.4, -0.2) is 12.0 Å². The van der Waals surface area contributed by atoms with Crippen LogP contribution in [0.4, 0.5) is 5.69 Å². The van der Waals surface area contributed by atoms with Crippen LogP contribution in [0.15, 0.2) is 78.5 Å². The van der Waals surface area contributed by atoms with Gasteiger partial charge in [-0.05, 0) is 65.3 Å². The Morgan fingerprint density at radius 2 is 1.58 bits per heavy atom. The van der Waals surface area contributed by atoms with Crippen molar-refractivity contribution >= 4 is 44.3 Å². The van der Waals surface area contributed by atoms with E-state index in [1.165, 1.54) is 81.6 Å². The lowest BCUT2D eigenvalue weighted by molar-refractivity contribution is -0.646. The molecule has 1 aliphatic heterocycles. The Labute approximate surface area is 213 Å². The molecule has 3 heteroatoms. The third-order valence-electron chi connectivity index (χ3n) is 9.07. The van der Waals surface area contributed by atoms with Crippen molar-refractivity contribution in [2.24, 2.45) is 13.0 Å². The third kappa shape index (κ3) is 3.08. The Hall–Kier alpha value is -3.59. The van der Waals surface area contributed by atoms with E-state index in [1.807, 2.05) is 0 Å². The average Bonchev–Trinajstić information content (AvgIpc) is 3.58. The van der Waals surface area contributed by atoms with Gasteiger partial charge in [0.25, 0.3) is 5.82 Å². The smallest absolute Gasteiger partial charge is 0.281 e. The first-order chi connectivity index (χ1) is 17.5. The Morgan fingerprint density at radius 3 is 2.36 bits per heavy atom. The zero-order chi connectivity index (χ0) is 24.4. The molecule has 0 saturated heterocycles. The Morgan fingerprint density at radius 1 is 0.917 bits per heavy atom. The van der Waals surface area contributed by atoms with Crippen molar-refractivity contribution in [2.45, 2.75) is 44.4 Å². The molecule has 7 rings (SSSR count). The van der Waals surface area contributed by atoms with Crippen molar-refractivity contribution in [1.82, 2.24) is 4.98 Å². The lowest BCUT2D eigenvalue weighted by Gasteiger charge is -2.31. The van der Waals surface area contributed by atoms with Crippen molar-refractivity contribution in [3.63, 3.8) is 0 Å². The molecule has 0 spiro atoms. The lowest BCUT2D eigenvalue weighted by Crippen LogP contribution is -2.33. The minimum Gasteiger partial charge on any atom is -0.347 e. The SMILES string of the molecule is CN1/C(=C/c2[nH]c3c4ccccc4ccc3[n+]2C)C(C)(CC2CCCC2)c2c1ccc1ccccc21. The fourth-order valence-electron chi connectivity index (χ4n) is 7.28. The summed E-state index contributed by atoms with van der Waals surface area (Å²) in [5.74, 6) is 1.94. The van der Waals surface area contributed by atoms with Crippen molar-refractivity contribution in [3.8, 4) is 0 Å². The fourth-order valence-corrected chi connectivity index (χ4v) is 7.28. The van der Waals surface area contributed by atoms with Crippen LogP contribution >= 0.6 is 0 Å². The summed E-state index contributed by atoms with van der Waals surface area (Å²) in [5, 5.41) is 5.29. The van der Waals surface area contributed by atoms with Gasteiger partial charge in [-0.25, -0.2) is 9.55 Å². The largest absolute Gasteiger partial charge is 0.347 e. The average molecular weight is 473 g/mol. The minimum absolute atomic E-state index is 0.0354. The summed E-state index contributed by atoms with van der Waals surface area (Å²) in [4.78, 5) is 6.27. The summed E-state index contributed by atoms with van der Waals surface area (Å²) >= 11 is 0. The second kappa shape index (κ2) is 7.96. The quantitative estimate of drug-likeness (QED) is 0.268. The van der Waals surface area contributed by atoms with E-state index >= 15 is 0 Å². The third-order valence-corrected chi connectivity index (χ3v) is 9.07. The van der Waals surface area contributed by atoms with Crippen LogP contribution in [0, 0.1) is 5.92 Å². The van der Waals surface area contributed by atoms with Gasteiger partial charge in [0, 0.05) is 35.3 Å². The maximum Gasteiger partial charge on any atom is 0.281 e. The van der Waals surface area contributed by atoms with Crippen molar-refractivity contribution in [1.29, 1.82) is 0 Å². The maximum atomic E-state index is 3.81. The Balaban J connectivity index is 1.46. The number of nitrogens with zero attached hydrogens (tertiary/aromatic N) is 2. The minimum atomic E-state index is -0.0354. The molecule has 0 radical (unpaired) electrons. The van der Waals surface area contributed by atoms with Gasteiger partial charge < -0.3 is 4.90 Å². The number of nitrogens with one attached hydrogen (secondary N) is 1. The lowest BCUT2D eigenvalue weighted by atomic mass is 9.72. The molecular formula is C33H34N3+. The molecular weight excluding hydrogens is 438 g/mol. The van der Waals surface area contributed by atoms with Gasteiger partial charge in [0.05, 0.1) is 7.05 Å². The van der Waals surface area contributed by atoms with E-state index in [4.69, 9.17) is 0 Å². The number of H-pyrrole nitrogens is 1. The zero-order valence-electron chi connectivity index (χ0n) is 21.5. The highest BCUT2D eigenvalue weighted by molar-refractivity contribution is 6.03. The van der Waals surface area contributed by atoms with Gasteiger partial charge in [0.2, 0.25) is 0 Å². The topological polar surface area (TPSA) is 22.9 Å². The van der Waals surface area contributed by atoms with Crippen LogP contribution in [0.5, 0.6) is 0 Å². The predicted molar refractivity (Wildman–Crippen MR) is 151 cm³/mol. The molecule has 2 aliphatic rings. The second-order valence-electron chi connectivity index (χ2n) is 11.2. The molecule has 1 N–H and O–H groups in total. The molecule has 2 heterocycles. The second-order valence-corrected chi connectivity index (χ2v) is 11.2. The summed E-state index contributed by atoms with van der Waals surface area (Å²) in [6.45, 7) is 2.50. The molecule has 36 heavy (non-hydrogen) atoms. The van der Waals surface area contributed by atoms with Gasteiger partial charge in [-0.2, -0.15) is 0 Å². The van der Waals surface area contributed by atoms with E-state index < -0.39 is 0 Å². The van der Waals surface area contributed by atoms with E-state index in [9.17, 15) is 0 Å². The van der Waals surface area contributed by atoms with E-state index in [1.54, 1.807) is 0 Å². The van der Waals surface area contributed by atoms with Crippen molar-refractivity contribution in [3.05, 3.63) is 89.9 Å². The number of aryl methyl sites for hydroxylation is 1. The number of aromatic amines is 1. The predicted octanol–water partition coefficient (Wildman–Crippen LogP) is 7.63. The molecule has 5 aromatic rings. The zero-order valence-corrected chi connectivity index (χ0v) is 21.5. The highest BCUT2D eigenvalue weighted by Gasteiger charge is 2.45. The van der Waals surface area contributed by atoms with Crippen LogP contribution < -0.4 is 9.47 Å². The van der Waals surface area contributed by atoms with Gasteiger partial charge >= 0.3 is 0 Å². The molecule has 180 valence electrons. The number of rotatable bonds is 3. The number of aromatic nitrogens is 2. The standard InChI is InChI=1S/C33H33N3/c1-33(21-22-10-4-5-11-22)29(35(2)27-18-16-23-12-6-8-14-25(23)31(27)33)20-30-34-32-26-15-9-7-13-24(26)17-19-28(32)36(30)3/h6-9,12-20,22H,4-5,10-11,21H2,1-3H3/p+1/b29-20+. The summed E-state index contributed by atoms with van der Waals surface area (Å²) in [6.07, 6.45) is 9.11. The number of benzene rings is 4. The molecule has 1 unspecified atom stereocenters. The molecule has 0 bridgehead atoms. The number of hydrogen-bond acceptors (Lipinski definition) is 1. The normalized spacial score (nSPS) is 21.4. The highest BCUT2D eigenvalue weighted by Crippen LogP contribution is 2.54. The summed E-state index contributed by atoms with van der Waals surface area (Å²) < 4.78 is 2.32. The monoisotopic (exact) mass is 472 g/mol. The summed E-state index contributed by atoms with van der Waals surface area (Å²) in [5.41, 5.74) is 6.67. The van der Waals surface area contributed by atoms with E-state index in [0.29, 0.717) is 0 Å². The van der Waals surface area contributed by atoms with Crippen LogP contribution in [-0.2, 0) is 12.5 Å². The molecule has 1 aromatic heterocycles. The van der Waals surface area contributed by atoms with Gasteiger partial charge in [-0.3, -0.25) is 0 Å². The maximum absolute atomic E-state index is 3.81. The van der Waals surface area contributed by atoms with E-state index in [2.05, 4.69) is 114 Å². The number of anilines is 1. The van der Waals surface area contributed by atoms with Gasteiger partial charge in [0.15, 0.2) is 11.0 Å². The first-order valence-electron chi connectivity index (χ1n) is 13.4. The van der Waals surface area contributed by atoms with E-state index in [0.717, 1.165) is 11.7 Å². The molecule has 1 aliphatic carbocycles.